The van der Waals surface area contributed by atoms with Gasteiger partial charge in [-0.2, -0.15) is 4.98 Å². The van der Waals surface area contributed by atoms with Gasteiger partial charge in [-0.1, -0.05) is 12.1 Å². The van der Waals surface area contributed by atoms with Crippen molar-refractivity contribution in [1.29, 1.82) is 0 Å². The second kappa shape index (κ2) is 10.3. The van der Waals surface area contributed by atoms with Crippen LogP contribution < -0.4 is 20.3 Å². The maximum absolute atomic E-state index is 12.7. The van der Waals surface area contributed by atoms with E-state index in [9.17, 15) is 18.0 Å². The van der Waals surface area contributed by atoms with Crippen molar-refractivity contribution in [1.82, 2.24) is 15.3 Å². The number of halogens is 3. The summed E-state index contributed by atoms with van der Waals surface area (Å²) in [4.78, 5) is 23.6. The summed E-state index contributed by atoms with van der Waals surface area (Å²) >= 11 is 0. The highest BCUT2D eigenvalue weighted by Gasteiger charge is 2.31. The van der Waals surface area contributed by atoms with E-state index in [2.05, 4.69) is 25.3 Å². The Morgan fingerprint density at radius 1 is 1.15 bits per heavy atom. The predicted octanol–water partition coefficient (Wildman–Crippen LogP) is 4.60. The third kappa shape index (κ3) is 6.97. The lowest BCUT2D eigenvalue weighted by Gasteiger charge is -2.29. The van der Waals surface area contributed by atoms with Gasteiger partial charge >= 0.3 is 6.36 Å². The van der Waals surface area contributed by atoms with Gasteiger partial charge in [0.2, 0.25) is 11.9 Å². The van der Waals surface area contributed by atoms with Gasteiger partial charge in [0, 0.05) is 37.8 Å². The van der Waals surface area contributed by atoms with E-state index in [-0.39, 0.29) is 29.7 Å². The van der Waals surface area contributed by atoms with E-state index in [1.54, 1.807) is 6.20 Å². The quantitative estimate of drug-likeness (QED) is 0.622. The molecule has 1 aliphatic carbocycles. The Morgan fingerprint density at radius 3 is 2.36 bits per heavy atom. The van der Waals surface area contributed by atoms with Crippen LogP contribution >= 0.6 is 0 Å². The molecule has 0 saturated heterocycles. The summed E-state index contributed by atoms with van der Waals surface area (Å²) in [6.45, 7) is 3.77. The number of rotatable bonds is 7. The fourth-order valence-electron chi connectivity index (χ4n) is 4.01. The molecule has 1 atom stereocenters. The van der Waals surface area contributed by atoms with Crippen LogP contribution in [0.1, 0.15) is 49.8 Å². The van der Waals surface area contributed by atoms with Crippen molar-refractivity contribution in [3.63, 3.8) is 0 Å². The second-order valence-electron chi connectivity index (χ2n) is 8.63. The van der Waals surface area contributed by atoms with Gasteiger partial charge in [-0.05, 0) is 57.2 Å². The van der Waals surface area contributed by atoms with Crippen LogP contribution in [0, 0.1) is 12.8 Å². The number of benzene rings is 1. The Balaban J connectivity index is 1.48. The third-order valence-electron chi connectivity index (χ3n) is 5.77. The number of hydrogen-bond acceptors (Lipinski definition) is 6. The van der Waals surface area contributed by atoms with E-state index in [1.165, 1.54) is 24.3 Å². The molecule has 7 nitrogen and oxygen atoms in total. The zero-order chi connectivity index (χ0) is 24.2. The zero-order valence-corrected chi connectivity index (χ0v) is 19.2. The fourth-order valence-corrected chi connectivity index (χ4v) is 4.01. The number of hydrogen-bond donors (Lipinski definition) is 2. The molecule has 1 saturated carbocycles. The van der Waals surface area contributed by atoms with Gasteiger partial charge in [0.25, 0.3) is 0 Å². The number of aromatic nitrogens is 2. The largest absolute Gasteiger partial charge is 0.573 e. The Bertz CT molecular complexity index is 942. The number of amides is 1. The van der Waals surface area contributed by atoms with Crippen molar-refractivity contribution in [3.05, 3.63) is 41.6 Å². The van der Waals surface area contributed by atoms with Crippen LogP contribution in [0.25, 0.3) is 0 Å². The van der Waals surface area contributed by atoms with Crippen molar-refractivity contribution >= 4 is 17.7 Å². The average Bonchev–Trinajstić information content (AvgIpc) is 2.74. The third-order valence-corrected chi connectivity index (χ3v) is 5.77. The Hall–Kier alpha value is -3.04. The molecule has 1 aromatic heterocycles. The summed E-state index contributed by atoms with van der Waals surface area (Å²) in [5, 5.41) is 6.35. The Morgan fingerprint density at radius 2 is 1.79 bits per heavy atom. The molecular formula is C23H30F3N5O2. The number of aryl methyl sites for hydroxylation is 1. The topological polar surface area (TPSA) is 79.4 Å². The van der Waals surface area contributed by atoms with Crippen molar-refractivity contribution in [2.45, 2.75) is 58.0 Å². The van der Waals surface area contributed by atoms with E-state index in [4.69, 9.17) is 0 Å². The molecule has 0 bridgehead atoms. The molecule has 180 valence electrons. The first-order chi connectivity index (χ1) is 15.5. The molecule has 1 aliphatic rings. The predicted molar refractivity (Wildman–Crippen MR) is 120 cm³/mol. The van der Waals surface area contributed by atoms with E-state index in [0.717, 1.165) is 37.1 Å². The first kappa shape index (κ1) is 24.6. The number of nitrogens with zero attached hydrogens (tertiary/aromatic N) is 3. The lowest BCUT2D eigenvalue weighted by atomic mass is 9.85. The van der Waals surface area contributed by atoms with Crippen LogP contribution in [0.2, 0.25) is 0 Å². The smallest absolute Gasteiger partial charge is 0.406 e. The number of alkyl halides is 3. The molecule has 2 aromatic rings. The van der Waals surface area contributed by atoms with Crippen LogP contribution in [0.5, 0.6) is 5.75 Å². The van der Waals surface area contributed by atoms with Crippen LogP contribution in [0.4, 0.5) is 24.9 Å². The van der Waals surface area contributed by atoms with Crippen LogP contribution in [0.3, 0.4) is 0 Å². The standard InChI is InChI=1S/C23H30F3N5O2/c1-14-13-27-22(30-20(14)31(3)4)29-18-9-5-17(6-10-18)21(32)28-15(2)16-7-11-19(12-8-16)33-23(24,25)26/h7-8,11-13,15,17-18H,5-6,9-10H2,1-4H3,(H,28,32)(H,27,29,30). The molecule has 0 aliphatic heterocycles. The summed E-state index contributed by atoms with van der Waals surface area (Å²) in [7, 11) is 3.88. The summed E-state index contributed by atoms with van der Waals surface area (Å²) < 4.78 is 40.8. The maximum atomic E-state index is 12.7. The minimum Gasteiger partial charge on any atom is -0.406 e. The van der Waals surface area contributed by atoms with Crippen molar-refractivity contribution in [2.24, 2.45) is 5.92 Å². The molecule has 1 aromatic carbocycles. The van der Waals surface area contributed by atoms with E-state index in [1.807, 2.05) is 32.8 Å². The second-order valence-corrected chi connectivity index (χ2v) is 8.63. The van der Waals surface area contributed by atoms with E-state index in [0.29, 0.717) is 11.5 Å². The number of carbonyl (C=O) groups excluding carboxylic acids is 1. The van der Waals surface area contributed by atoms with Gasteiger partial charge in [0.15, 0.2) is 0 Å². The van der Waals surface area contributed by atoms with Crippen molar-refractivity contribution < 1.29 is 22.7 Å². The fraction of sp³-hybridized carbons (Fsp3) is 0.522. The molecule has 33 heavy (non-hydrogen) atoms. The molecular weight excluding hydrogens is 435 g/mol. The number of carbonyl (C=O) groups is 1. The zero-order valence-electron chi connectivity index (χ0n) is 19.2. The van der Waals surface area contributed by atoms with Gasteiger partial charge < -0.3 is 20.3 Å². The normalized spacial score (nSPS) is 19.5. The Labute approximate surface area is 191 Å². The highest BCUT2D eigenvalue weighted by Crippen LogP contribution is 2.28. The molecule has 0 radical (unpaired) electrons. The highest BCUT2D eigenvalue weighted by atomic mass is 19.4. The first-order valence-corrected chi connectivity index (χ1v) is 11.0. The minimum atomic E-state index is -4.73. The molecule has 2 N–H and O–H groups in total. The molecule has 1 fully saturated rings. The summed E-state index contributed by atoms with van der Waals surface area (Å²) in [5.41, 5.74) is 1.71. The number of nitrogens with one attached hydrogen (secondary N) is 2. The lowest BCUT2D eigenvalue weighted by Crippen LogP contribution is -2.37. The molecule has 1 unspecified atom stereocenters. The van der Waals surface area contributed by atoms with E-state index < -0.39 is 6.36 Å². The minimum absolute atomic E-state index is 0.0435. The van der Waals surface area contributed by atoms with Gasteiger partial charge in [0.1, 0.15) is 11.6 Å². The van der Waals surface area contributed by atoms with Crippen molar-refractivity contribution in [2.75, 3.05) is 24.3 Å². The van der Waals surface area contributed by atoms with Crippen LogP contribution in [-0.2, 0) is 4.79 Å². The molecule has 1 heterocycles. The summed E-state index contributed by atoms with van der Waals surface area (Å²) in [5.74, 6) is 1.02. The van der Waals surface area contributed by atoms with Gasteiger partial charge in [0.05, 0.1) is 6.04 Å². The van der Waals surface area contributed by atoms with Gasteiger partial charge in [-0.25, -0.2) is 4.98 Å². The molecule has 3 rings (SSSR count). The van der Waals surface area contributed by atoms with Crippen LogP contribution in [0.15, 0.2) is 30.5 Å². The maximum Gasteiger partial charge on any atom is 0.573 e. The average molecular weight is 466 g/mol. The monoisotopic (exact) mass is 465 g/mol. The molecule has 10 heteroatoms. The molecule has 1 amide bonds. The van der Waals surface area contributed by atoms with Crippen molar-refractivity contribution in [3.8, 4) is 5.75 Å². The molecule has 0 spiro atoms. The van der Waals surface area contributed by atoms with Crippen LogP contribution in [-0.4, -0.2) is 42.4 Å². The Kier molecular flexibility index (Phi) is 7.65. The summed E-state index contributed by atoms with van der Waals surface area (Å²) in [6.07, 6.45) is 0.194. The number of ether oxygens (including phenoxy) is 1. The van der Waals surface area contributed by atoms with Gasteiger partial charge in [-0.3, -0.25) is 4.79 Å². The van der Waals surface area contributed by atoms with E-state index >= 15 is 0 Å². The highest BCUT2D eigenvalue weighted by molar-refractivity contribution is 5.79. The first-order valence-electron chi connectivity index (χ1n) is 11.0. The van der Waals surface area contributed by atoms with Gasteiger partial charge in [-0.15, -0.1) is 13.2 Å². The SMILES string of the molecule is Cc1cnc(NC2CCC(C(=O)NC(C)c3ccc(OC(F)(F)F)cc3)CC2)nc1N(C)C. The lowest BCUT2D eigenvalue weighted by molar-refractivity contribution is -0.274. The number of anilines is 2. The summed E-state index contributed by atoms with van der Waals surface area (Å²) in [6, 6.07) is 5.42.